The maximum absolute atomic E-state index is 11.2. The van der Waals surface area contributed by atoms with Gasteiger partial charge in [-0.1, -0.05) is 30.3 Å². The molecule has 0 heterocycles. The Balaban J connectivity index is 2.46. The molecule has 0 unspecified atom stereocenters. The summed E-state index contributed by atoms with van der Waals surface area (Å²) in [5.41, 5.74) is 6.58. The van der Waals surface area contributed by atoms with Crippen molar-refractivity contribution in [3.63, 3.8) is 0 Å². The van der Waals surface area contributed by atoms with Crippen LogP contribution in [0.2, 0.25) is 0 Å². The van der Waals surface area contributed by atoms with E-state index in [1.54, 1.807) is 6.07 Å². The van der Waals surface area contributed by atoms with Gasteiger partial charge in [-0.05, 0) is 12.0 Å². The molecule has 78 valence electrons. The van der Waals surface area contributed by atoms with Gasteiger partial charge in [-0.2, -0.15) is 5.26 Å². The Morgan fingerprint density at radius 3 is 2.73 bits per heavy atom. The van der Waals surface area contributed by atoms with Gasteiger partial charge in [-0.25, -0.2) is 0 Å². The lowest BCUT2D eigenvalue weighted by Crippen LogP contribution is -2.34. The average molecular weight is 204 g/mol. The number of ether oxygens (including phenoxy) is 1. The molecule has 0 radical (unpaired) electrons. The van der Waals surface area contributed by atoms with Gasteiger partial charge in [0.05, 0.1) is 0 Å². The molecule has 15 heavy (non-hydrogen) atoms. The van der Waals surface area contributed by atoms with Crippen LogP contribution in [0.4, 0.5) is 0 Å². The number of hydrogen-bond acceptors (Lipinski definition) is 4. The van der Waals surface area contributed by atoms with E-state index >= 15 is 0 Å². The molecule has 0 aromatic heterocycles. The van der Waals surface area contributed by atoms with E-state index in [-0.39, 0.29) is 6.61 Å². The second kappa shape index (κ2) is 5.78. The minimum absolute atomic E-state index is 0.249. The first-order chi connectivity index (χ1) is 7.24. The molecule has 1 rings (SSSR count). The molecule has 4 heteroatoms. The van der Waals surface area contributed by atoms with Crippen molar-refractivity contribution in [1.29, 1.82) is 5.26 Å². The first-order valence-corrected chi connectivity index (χ1v) is 4.57. The van der Waals surface area contributed by atoms with Gasteiger partial charge < -0.3 is 10.5 Å². The zero-order chi connectivity index (χ0) is 11.1. The fourth-order valence-corrected chi connectivity index (χ4v) is 1.16. The van der Waals surface area contributed by atoms with Gasteiger partial charge >= 0.3 is 5.97 Å². The summed E-state index contributed by atoms with van der Waals surface area (Å²) in [6.45, 7) is -0.249. The molecule has 1 atom stereocenters. The van der Waals surface area contributed by atoms with Crippen LogP contribution in [0.3, 0.4) is 0 Å². The molecule has 0 saturated carbocycles. The highest BCUT2D eigenvalue weighted by atomic mass is 16.5. The molecule has 0 bridgehead atoms. The van der Waals surface area contributed by atoms with Crippen LogP contribution in [0.25, 0.3) is 0 Å². The van der Waals surface area contributed by atoms with E-state index in [2.05, 4.69) is 4.74 Å². The fourth-order valence-electron chi connectivity index (χ4n) is 1.16. The molecule has 2 N–H and O–H groups in total. The smallest absolute Gasteiger partial charge is 0.324 e. The van der Waals surface area contributed by atoms with Crippen molar-refractivity contribution in [2.45, 2.75) is 12.5 Å². The molecule has 0 aliphatic rings. The van der Waals surface area contributed by atoms with Gasteiger partial charge in [0.15, 0.2) is 6.61 Å². The summed E-state index contributed by atoms with van der Waals surface area (Å²) in [7, 11) is 0. The summed E-state index contributed by atoms with van der Waals surface area (Å²) in [4.78, 5) is 11.2. The van der Waals surface area contributed by atoms with E-state index in [0.717, 1.165) is 5.56 Å². The summed E-state index contributed by atoms with van der Waals surface area (Å²) in [5.74, 6) is -0.541. The van der Waals surface area contributed by atoms with E-state index in [1.165, 1.54) is 0 Å². The molecule has 4 nitrogen and oxygen atoms in total. The Morgan fingerprint density at radius 1 is 1.47 bits per heavy atom. The minimum atomic E-state index is -0.708. The first-order valence-electron chi connectivity index (χ1n) is 4.57. The Bertz CT molecular complexity index is 357. The van der Waals surface area contributed by atoms with Crippen molar-refractivity contribution in [1.82, 2.24) is 0 Å². The summed E-state index contributed by atoms with van der Waals surface area (Å²) in [6, 6.07) is 10.4. The van der Waals surface area contributed by atoms with Crippen molar-refractivity contribution in [3.8, 4) is 6.07 Å². The van der Waals surface area contributed by atoms with Crippen LogP contribution in [0.1, 0.15) is 5.56 Å². The lowest BCUT2D eigenvalue weighted by Gasteiger charge is -2.09. The topological polar surface area (TPSA) is 76.1 Å². The highest BCUT2D eigenvalue weighted by molar-refractivity contribution is 5.76. The number of benzene rings is 1. The highest BCUT2D eigenvalue weighted by Crippen LogP contribution is 2.02. The molecular weight excluding hydrogens is 192 g/mol. The second-order valence-electron chi connectivity index (χ2n) is 3.06. The van der Waals surface area contributed by atoms with Crippen molar-refractivity contribution in [2.24, 2.45) is 5.73 Å². The zero-order valence-electron chi connectivity index (χ0n) is 8.22. The average Bonchev–Trinajstić information content (AvgIpc) is 2.27. The van der Waals surface area contributed by atoms with Crippen LogP contribution in [-0.4, -0.2) is 18.6 Å². The maximum Gasteiger partial charge on any atom is 0.324 e. The quantitative estimate of drug-likeness (QED) is 0.729. The Morgan fingerprint density at radius 2 is 2.13 bits per heavy atom. The maximum atomic E-state index is 11.2. The number of nitrogens with zero attached hydrogens (tertiary/aromatic N) is 1. The normalized spacial score (nSPS) is 11.5. The highest BCUT2D eigenvalue weighted by Gasteiger charge is 2.14. The largest absolute Gasteiger partial charge is 0.449 e. The van der Waals surface area contributed by atoms with Crippen LogP contribution < -0.4 is 5.73 Å². The molecule has 0 spiro atoms. The fraction of sp³-hybridized carbons (Fsp3) is 0.273. The molecule has 0 aliphatic heterocycles. The number of nitrogens with two attached hydrogens (primary N) is 1. The molecular formula is C11H12N2O2. The number of hydrogen-bond donors (Lipinski definition) is 1. The van der Waals surface area contributed by atoms with Crippen LogP contribution >= 0.6 is 0 Å². The Hall–Kier alpha value is -1.86. The molecule has 1 aromatic rings. The van der Waals surface area contributed by atoms with Crippen molar-refractivity contribution in [2.75, 3.05) is 6.61 Å². The summed E-state index contributed by atoms with van der Waals surface area (Å²) < 4.78 is 4.60. The molecule has 0 amide bonds. The molecule has 0 aliphatic carbocycles. The number of nitriles is 1. The van der Waals surface area contributed by atoms with Gasteiger partial charge in [-0.3, -0.25) is 4.79 Å². The predicted molar refractivity (Wildman–Crippen MR) is 54.7 cm³/mol. The molecule has 0 fully saturated rings. The van der Waals surface area contributed by atoms with E-state index in [1.807, 2.05) is 30.3 Å². The van der Waals surface area contributed by atoms with Crippen LogP contribution in [0, 0.1) is 11.3 Å². The van der Waals surface area contributed by atoms with Gasteiger partial charge in [0.1, 0.15) is 12.1 Å². The third kappa shape index (κ3) is 3.79. The van der Waals surface area contributed by atoms with Gasteiger partial charge in [0.2, 0.25) is 0 Å². The molecule has 0 saturated heterocycles. The lowest BCUT2D eigenvalue weighted by atomic mass is 10.1. The number of carbonyl (C=O) groups excluding carboxylic acids is 1. The third-order valence-corrected chi connectivity index (χ3v) is 1.88. The third-order valence-electron chi connectivity index (χ3n) is 1.88. The summed E-state index contributed by atoms with van der Waals surface area (Å²) in [6.07, 6.45) is 0.422. The Kier molecular flexibility index (Phi) is 4.32. The number of rotatable bonds is 4. The second-order valence-corrected chi connectivity index (χ2v) is 3.06. The van der Waals surface area contributed by atoms with Crippen molar-refractivity contribution in [3.05, 3.63) is 35.9 Å². The monoisotopic (exact) mass is 204 g/mol. The number of esters is 1. The van der Waals surface area contributed by atoms with Crippen LogP contribution in [0.15, 0.2) is 30.3 Å². The lowest BCUT2D eigenvalue weighted by molar-refractivity contribution is -0.143. The minimum Gasteiger partial charge on any atom is -0.449 e. The van der Waals surface area contributed by atoms with Crippen LogP contribution in [-0.2, 0) is 16.0 Å². The number of carbonyl (C=O) groups is 1. The predicted octanol–water partition coefficient (Wildman–Crippen LogP) is 0.623. The van der Waals surface area contributed by atoms with Crippen molar-refractivity contribution >= 4 is 5.97 Å². The van der Waals surface area contributed by atoms with E-state index in [4.69, 9.17) is 11.0 Å². The summed E-state index contributed by atoms with van der Waals surface area (Å²) >= 11 is 0. The summed E-state index contributed by atoms with van der Waals surface area (Å²) in [5, 5.41) is 8.22. The van der Waals surface area contributed by atoms with Gasteiger partial charge in [-0.15, -0.1) is 0 Å². The van der Waals surface area contributed by atoms with Crippen LogP contribution in [0.5, 0.6) is 0 Å². The Labute approximate surface area is 88.3 Å². The van der Waals surface area contributed by atoms with E-state index in [0.29, 0.717) is 6.42 Å². The van der Waals surface area contributed by atoms with Gasteiger partial charge in [0.25, 0.3) is 0 Å². The van der Waals surface area contributed by atoms with Crippen molar-refractivity contribution < 1.29 is 9.53 Å². The zero-order valence-corrected chi connectivity index (χ0v) is 8.22. The first kappa shape index (κ1) is 11.2. The molecule has 1 aromatic carbocycles. The van der Waals surface area contributed by atoms with Gasteiger partial charge in [0, 0.05) is 0 Å². The van der Waals surface area contributed by atoms with E-state index in [9.17, 15) is 4.79 Å². The van der Waals surface area contributed by atoms with E-state index < -0.39 is 12.0 Å². The standard InChI is InChI=1S/C11H12N2O2/c12-6-7-15-11(14)10(13)8-9-4-2-1-3-5-9/h1-5,10H,7-8,13H2/t10-/m1/s1. The SMILES string of the molecule is N#CCOC(=O)[C@H](N)Cc1ccccc1.